The molecule has 0 unspecified atom stereocenters. The second-order valence-electron chi connectivity index (χ2n) is 6.85. The summed E-state index contributed by atoms with van der Waals surface area (Å²) < 4.78 is 15.8. The van der Waals surface area contributed by atoms with E-state index in [-0.39, 0.29) is 30.3 Å². The summed E-state index contributed by atoms with van der Waals surface area (Å²) >= 11 is 0. The third-order valence-corrected chi connectivity index (χ3v) is 4.91. The second kappa shape index (κ2) is 11.1. The van der Waals surface area contributed by atoms with Gasteiger partial charge in [-0.2, -0.15) is 0 Å². The molecule has 29 heavy (non-hydrogen) atoms. The van der Waals surface area contributed by atoms with Crippen molar-refractivity contribution in [1.82, 2.24) is 5.32 Å². The molecule has 156 valence electrons. The number of amides is 1. The number of hydrogen-bond acceptors (Lipinski definition) is 5. The topological polar surface area (TPSA) is 73.9 Å². The maximum Gasteiger partial charge on any atom is 0.314 e. The molecule has 0 heterocycles. The highest BCUT2D eigenvalue weighted by atomic mass is 16.5. The van der Waals surface area contributed by atoms with Crippen molar-refractivity contribution in [3.05, 3.63) is 59.7 Å². The average Bonchev–Trinajstić information content (AvgIpc) is 2.76. The number of rotatable bonds is 10. The van der Waals surface area contributed by atoms with Crippen LogP contribution in [0.4, 0.5) is 0 Å². The monoisotopic (exact) mass is 399 g/mol. The van der Waals surface area contributed by atoms with Gasteiger partial charge in [-0.1, -0.05) is 56.7 Å². The van der Waals surface area contributed by atoms with Crippen LogP contribution in [0, 0.1) is 5.92 Å². The molecule has 0 radical (unpaired) electrons. The second-order valence-corrected chi connectivity index (χ2v) is 6.85. The summed E-state index contributed by atoms with van der Waals surface area (Å²) in [6.07, 6.45) is 0.833. The minimum Gasteiger partial charge on any atom is -0.493 e. The van der Waals surface area contributed by atoms with Crippen LogP contribution in [0.2, 0.25) is 0 Å². The zero-order chi connectivity index (χ0) is 21.2. The largest absolute Gasteiger partial charge is 0.493 e. The van der Waals surface area contributed by atoms with Gasteiger partial charge in [-0.25, -0.2) is 0 Å². The first kappa shape index (κ1) is 22.3. The van der Waals surface area contributed by atoms with E-state index in [2.05, 4.69) is 5.32 Å². The Bertz CT molecular complexity index is 806. The van der Waals surface area contributed by atoms with E-state index in [0.29, 0.717) is 18.0 Å². The van der Waals surface area contributed by atoms with Crippen molar-refractivity contribution in [1.29, 1.82) is 0 Å². The normalized spacial score (nSPS) is 12.6. The van der Waals surface area contributed by atoms with Gasteiger partial charge in [0.25, 0.3) is 5.91 Å². The fourth-order valence-corrected chi connectivity index (χ4v) is 3.06. The van der Waals surface area contributed by atoms with Gasteiger partial charge < -0.3 is 19.5 Å². The molecule has 0 fully saturated rings. The maximum atomic E-state index is 12.6. The molecule has 2 atom stereocenters. The van der Waals surface area contributed by atoms with Crippen molar-refractivity contribution in [2.24, 2.45) is 5.92 Å². The van der Waals surface area contributed by atoms with Crippen molar-refractivity contribution in [2.75, 3.05) is 20.8 Å². The van der Waals surface area contributed by atoms with Crippen molar-refractivity contribution >= 4 is 11.9 Å². The van der Waals surface area contributed by atoms with Crippen LogP contribution in [0.1, 0.15) is 37.3 Å². The number of benzene rings is 2. The fraction of sp³-hybridized carbons (Fsp3) is 0.391. The summed E-state index contributed by atoms with van der Waals surface area (Å²) in [6, 6.07) is 14.9. The highest BCUT2D eigenvalue weighted by molar-refractivity contribution is 5.83. The minimum atomic E-state index is -0.389. The Morgan fingerprint density at radius 3 is 2.31 bits per heavy atom. The lowest BCUT2D eigenvalue weighted by Gasteiger charge is -2.21. The summed E-state index contributed by atoms with van der Waals surface area (Å²) in [4.78, 5) is 24.8. The van der Waals surface area contributed by atoms with Gasteiger partial charge in [0.05, 0.1) is 20.1 Å². The van der Waals surface area contributed by atoms with Crippen LogP contribution in [0.15, 0.2) is 48.5 Å². The summed E-state index contributed by atoms with van der Waals surface area (Å²) in [7, 11) is 3.12. The van der Waals surface area contributed by atoms with Crippen LogP contribution in [0.5, 0.6) is 11.5 Å². The molecule has 0 bridgehead atoms. The molecular formula is C23H29NO5. The van der Waals surface area contributed by atoms with Gasteiger partial charge >= 0.3 is 5.97 Å². The Labute approximate surface area is 172 Å². The number of hydrogen-bond donors (Lipinski definition) is 1. The summed E-state index contributed by atoms with van der Waals surface area (Å²) in [6.45, 7) is 4.02. The number of esters is 1. The predicted octanol–water partition coefficient (Wildman–Crippen LogP) is 3.69. The maximum absolute atomic E-state index is 12.6. The van der Waals surface area contributed by atoms with Crippen LogP contribution >= 0.6 is 0 Å². The zero-order valence-corrected chi connectivity index (χ0v) is 17.4. The molecule has 0 aliphatic heterocycles. The van der Waals surface area contributed by atoms with E-state index in [4.69, 9.17) is 14.2 Å². The molecule has 0 spiro atoms. The Hall–Kier alpha value is -3.02. The number of carbonyl (C=O) groups is 2. The molecule has 1 amide bonds. The van der Waals surface area contributed by atoms with Gasteiger partial charge in [0.1, 0.15) is 0 Å². The molecule has 0 aliphatic carbocycles. The number of nitrogens with one attached hydrogen (secondary N) is 1. The van der Waals surface area contributed by atoms with E-state index >= 15 is 0 Å². The van der Waals surface area contributed by atoms with Gasteiger partial charge in [0.2, 0.25) is 0 Å². The van der Waals surface area contributed by atoms with Gasteiger partial charge in [-0.05, 0) is 29.2 Å². The van der Waals surface area contributed by atoms with E-state index in [0.717, 1.165) is 17.5 Å². The van der Waals surface area contributed by atoms with Crippen molar-refractivity contribution < 1.29 is 23.8 Å². The summed E-state index contributed by atoms with van der Waals surface area (Å²) in [5.41, 5.74) is 1.75. The zero-order valence-electron chi connectivity index (χ0n) is 17.4. The van der Waals surface area contributed by atoms with Gasteiger partial charge in [0.15, 0.2) is 18.1 Å². The number of ether oxygens (including phenoxy) is 3. The Kier molecular flexibility index (Phi) is 8.52. The highest BCUT2D eigenvalue weighted by Gasteiger charge is 2.27. The quantitative estimate of drug-likeness (QED) is 0.617. The van der Waals surface area contributed by atoms with Crippen molar-refractivity contribution in [3.8, 4) is 11.5 Å². The molecule has 0 saturated carbocycles. The van der Waals surface area contributed by atoms with Crippen LogP contribution in [-0.2, 0) is 20.9 Å². The molecular weight excluding hydrogens is 370 g/mol. The van der Waals surface area contributed by atoms with E-state index in [1.165, 1.54) is 0 Å². The third kappa shape index (κ3) is 6.24. The standard InChI is InChI=1S/C23H29NO5/c1-5-16(2)22(18-9-7-6-8-10-18)23(26)29-15-21(25)24-14-17-11-12-19(27-3)20(13-17)28-4/h6-13,16,22H,5,14-15H2,1-4H3,(H,24,25)/t16-,22+/m0/s1. The van der Waals surface area contributed by atoms with Gasteiger partial charge in [-0.15, -0.1) is 0 Å². The Morgan fingerprint density at radius 2 is 1.69 bits per heavy atom. The minimum absolute atomic E-state index is 0.111. The molecule has 6 nitrogen and oxygen atoms in total. The van der Waals surface area contributed by atoms with Crippen molar-refractivity contribution in [2.45, 2.75) is 32.7 Å². The number of methoxy groups -OCH3 is 2. The summed E-state index contributed by atoms with van der Waals surface area (Å²) in [5.74, 6) is 0.189. The molecule has 2 aromatic carbocycles. The fourth-order valence-electron chi connectivity index (χ4n) is 3.06. The van der Waals surface area contributed by atoms with Crippen LogP contribution < -0.4 is 14.8 Å². The number of carbonyl (C=O) groups excluding carboxylic acids is 2. The first-order valence-corrected chi connectivity index (χ1v) is 9.69. The highest BCUT2D eigenvalue weighted by Crippen LogP contribution is 2.29. The molecule has 0 saturated heterocycles. The van der Waals surface area contributed by atoms with Crippen LogP contribution in [-0.4, -0.2) is 32.7 Å². The molecule has 0 aliphatic rings. The van der Waals surface area contributed by atoms with E-state index in [1.54, 1.807) is 26.4 Å². The van der Waals surface area contributed by atoms with Gasteiger partial charge in [0, 0.05) is 6.54 Å². The van der Waals surface area contributed by atoms with Gasteiger partial charge in [-0.3, -0.25) is 9.59 Å². The first-order valence-electron chi connectivity index (χ1n) is 9.69. The van der Waals surface area contributed by atoms with E-state index in [1.807, 2.05) is 50.2 Å². The third-order valence-electron chi connectivity index (χ3n) is 4.91. The predicted molar refractivity (Wildman–Crippen MR) is 111 cm³/mol. The lowest BCUT2D eigenvalue weighted by molar-refractivity contribution is -0.151. The Balaban J connectivity index is 1.91. The lowest BCUT2D eigenvalue weighted by Crippen LogP contribution is -2.30. The SMILES string of the molecule is CC[C@H](C)[C@@H](C(=O)OCC(=O)NCc1ccc(OC)c(OC)c1)c1ccccc1. The average molecular weight is 399 g/mol. The van der Waals surface area contributed by atoms with Crippen LogP contribution in [0.25, 0.3) is 0 Å². The Morgan fingerprint density at radius 1 is 1.00 bits per heavy atom. The first-order chi connectivity index (χ1) is 14.0. The van der Waals surface area contributed by atoms with Crippen molar-refractivity contribution in [3.63, 3.8) is 0 Å². The molecule has 1 N–H and O–H groups in total. The molecule has 6 heteroatoms. The van der Waals surface area contributed by atoms with E-state index in [9.17, 15) is 9.59 Å². The molecule has 0 aromatic heterocycles. The molecule has 2 rings (SSSR count). The summed E-state index contributed by atoms with van der Waals surface area (Å²) in [5, 5.41) is 2.75. The lowest BCUT2D eigenvalue weighted by atomic mass is 9.86. The smallest absolute Gasteiger partial charge is 0.314 e. The van der Waals surface area contributed by atoms with E-state index < -0.39 is 0 Å². The van der Waals surface area contributed by atoms with Crippen LogP contribution in [0.3, 0.4) is 0 Å². The molecule has 2 aromatic rings.